The lowest BCUT2D eigenvalue weighted by Crippen LogP contribution is -2.14. The van der Waals surface area contributed by atoms with Gasteiger partial charge < -0.3 is 15.8 Å². The van der Waals surface area contributed by atoms with E-state index in [2.05, 4.69) is 10.3 Å². The monoisotopic (exact) mass is 243 g/mol. The summed E-state index contributed by atoms with van der Waals surface area (Å²) in [7, 11) is 1.58. The van der Waals surface area contributed by atoms with Gasteiger partial charge in [0.2, 0.25) is 0 Å². The van der Waals surface area contributed by atoms with E-state index < -0.39 is 5.91 Å². The van der Waals surface area contributed by atoms with Crippen LogP contribution in [0.3, 0.4) is 0 Å². The molecule has 0 fully saturated rings. The molecule has 3 N–H and O–H groups in total. The van der Waals surface area contributed by atoms with Crippen LogP contribution in [0.1, 0.15) is 10.4 Å². The fourth-order valence-corrected chi connectivity index (χ4v) is 1.58. The van der Waals surface area contributed by atoms with Gasteiger partial charge in [-0.25, -0.2) is 4.98 Å². The molecule has 1 aromatic heterocycles. The maximum absolute atomic E-state index is 11.3. The topological polar surface area (TPSA) is 77.2 Å². The number of benzene rings is 1. The minimum absolute atomic E-state index is 0.336. The first-order valence-corrected chi connectivity index (χ1v) is 5.37. The van der Waals surface area contributed by atoms with E-state index in [9.17, 15) is 4.79 Å². The number of carbonyl (C=O) groups excluding carboxylic acids is 1. The van der Waals surface area contributed by atoms with Gasteiger partial charge in [-0.2, -0.15) is 0 Å². The van der Waals surface area contributed by atoms with Gasteiger partial charge in [0.15, 0.2) is 0 Å². The molecular weight excluding hydrogens is 230 g/mol. The fourth-order valence-electron chi connectivity index (χ4n) is 1.58. The van der Waals surface area contributed by atoms with Crippen molar-refractivity contribution in [2.45, 2.75) is 0 Å². The van der Waals surface area contributed by atoms with Crippen molar-refractivity contribution in [2.75, 3.05) is 12.4 Å². The molecule has 0 atom stereocenters. The lowest BCUT2D eigenvalue weighted by molar-refractivity contribution is 0.100. The van der Waals surface area contributed by atoms with Crippen molar-refractivity contribution in [3.05, 3.63) is 48.2 Å². The first-order chi connectivity index (χ1) is 8.72. The Labute approximate surface area is 105 Å². The second kappa shape index (κ2) is 5.18. The Kier molecular flexibility index (Phi) is 3.43. The summed E-state index contributed by atoms with van der Waals surface area (Å²) in [6, 6.07) is 10.6. The Hall–Kier alpha value is -2.56. The molecule has 18 heavy (non-hydrogen) atoms. The molecule has 0 aliphatic carbocycles. The minimum atomic E-state index is -0.527. The SMILES string of the molecule is COc1ccccc1Nc1ncccc1C(N)=O. The molecule has 0 unspecified atom stereocenters. The van der Waals surface area contributed by atoms with E-state index in [1.54, 1.807) is 25.4 Å². The molecule has 0 saturated carbocycles. The number of rotatable bonds is 4. The number of ether oxygens (including phenoxy) is 1. The first kappa shape index (κ1) is 11.9. The van der Waals surface area contributed by atoms with Crippen LogP contribution < -0.4 is 15.8 Å². The summed E-state index contributed by atoms with van der Waals surface area (Å²) in [5, 5.41) is 3.04. The second-order valence-corrected chi connectivity index (χ2v) is 3.59. The van der Waals surface area contributed by atoms with Gasteiger partial charge in [0.05, 0.1) is 18.4 Å². The van der Waals surface area contributed by atoms with E-state index >= 15 is 0 Å². The number of methoxy groups -OCH3 is 1. The predicted octanol–water partition coefficient (Wildman–Crippen LogP) is 1.93. The van der Waals surface area contributed by atoms with E-state index in [1.165, 1.54) is 0 Å². The summed E-state index contributed by atoms with van der Waals surface area (Å²) in [5.74, 6) is 0.550. The maximum Gasteiger partial charge on any atom is 0.252 e. The Bertz CT molecular complexity index is 570. The van der Waals surface area contributed by atoms with Gasteiger partial charge in [-0.1, -0.05) is 12.1 Å². The van der Waals surface area contributed by atoms with Crippen molar-refractivity contribution < 1.29 is 9.53 Å². The molecule has 5 nitrogen and oxygen atoms in total. The third-order valence-corrected chi connectivity index (χ3v) is 2.43. The normalized spacial score (nSPS) is 9.83. The number of pyridine rings is 1. The van der Waals surface area contributed by atoms with Gasteiger partial charge in [0, 0.05) is 6.20 Å². The number of primary amides is 1. The first-order valence-electron chi connectivity index (χ1n) is 5.37. The zero-order valence-electron chi connectivity index (χ0n) is 9.88. The Morgan fingerprint density at radius 2 is 2.06 bits per heavy atom. The van der Waals surface area contributed by atoms with Crippen LogP contribution >= 0.6 is 0 Å². The van der Waals surface area contributed by atoms with Gasteiger partial charge in [-0.15, -0.1) is 0 Å². The highest BCUT2D eigenvalue weighted by atomic mass is 16.5. The second-order valence-electron chi connectivity index (χ2n) is 3.59. The number of nitrogens with one attached hydrogen (secondary N) is 1. The highest BCUT2D eigenvalue weighted by Crippen LogP contribution is 2.27. The molecule has 0 aliphatic rings. The van der Waals surface area contributed by atoms with Crippen molar-refractivity contribution in [1.29, 1.82) is 0 Å². The average molecular weight is 243 g/mol. The molecule has 92 valence electrons. The Balaban J connectivity index is 2.37. The highest BCUT2D eigenvalue weighted by Gasteiger charge is 2.10. The van der Waals surface area contributed by atoms with E-state index in [1.807, 2.05) is 24.3 Å². The summed E-state index contributed by atoms with van der Waals surface area (Å²) in [5.41, 5.74) is 6.35. The number of hydrogen-bond donors (Lipinski definition) is 2. The predicted molar refractivity (Wildman–Crippen MR) is 69.0 cm³/mol. The van der Waals surface area contributed by atoms with E-state index in [0.717, 1.165) is 5.69 Å². The number of carbonyl (C=O) groups is 1. The molecule has 5 heteroatoms. The molecular formula is C13H13N3O2. The van der Waals surface area contributed by atoms with Crippen molar-refractivity contribution in [3.8, 4) is 5.75 Å². The van der Waals surface area contributed by atoms with E-state index in [4.69, 9.17) is 10.5 Å². The van der Waals surface area contributed by atoms with E-state index in [-0.39, 0.29) is 0 Å². The van der Waals surface area contributed by atoms with Gasteiger partial charge in [0.25, 0.3) is 5.91 Å². The average Bonchev–Trinajstić information content (AvgIpc) is 2.40. The molecule has 2 aromatic rings. The lowest BCUT2D eigenvalue weighted by Gasteiger charge is -2.11. The van der Waals surface area contributed by atoms with Gasteiger partial charge in [-0.3, -0.25) is 4.79 Å². The number of para-hydroxylation sites is 2. The number of hydrogen-bond acceptors (Lipinski definition) is 4. The van der Waals surface area contributed by atoms with Crippen LogP contribution in [0, 0.1) is 0 Å². The number of amides is 1. The number of nitrogens with zero attached hydrogens (tertiary/aromatic N) is 1. The zero-order valence-corrected chi connectivity index (χ0v) is 9.88. The lowest BCUT2D eigenvalue weighted by atomic mass is 10.2. The van der Waals surface area contributed by atoms with Crippen molar-refractivity contribution >= 4 is 17.4 Å². The molecule has 0 spiro atoms. The van der Waals surface area contributed by atoms with Gasteiger partial charge in [-0.05, 0) is 24.3 Å². The minimum Gasteiger partial charge on any atom is -0.495 e. The van der Waals surface area contributed by atoms with Crippen molar-refractivity contribution in [1.82, 2.24) is 4.98 Å². The number of nitrogens with two attached hydrogens (primary N) is 1. The molecule has 2 rings (SSSR count). The van der Waals surface area contributed by atoms with Gasteiger partial charge >= 0.3 is 0 Å². The molecule has 1 amide bonds. The highest BCUT2D eigenvalue weighted by molar-refractivity contribution is 5.98. The molecule has 0 aliphatic heterocycles. The summed E-state index contributed by atoms with van der Waals surface area (Å²) >= 11 is 0. The van der Waals surface area contributed by atoms with Crippen LogP contribution in [-0.4, -0.2) is 18.0 Å². The van der Waals surface area contributed by atoms with Crippen molar-refractivity contribution in [3.63, 3.8) is 0 Å². The van der Waals surface area contributed by atoms with E-state index in [0.29, 0.717) is 17.1 Å². The Morgan fingerprint density at radius 3 is 2.78 bits per heavy atom. The summed E-state index contributed by atoms with van der Waals surface area (Å²) < 4.78 is 5.21. The third kappa shape index (κ3) is 2.40. The zero-order chi connectivity index (χ0) is 13.0. The Morgan fingerprint density at radius 1 is 1.28 bits per heavy atom. The van der Waals surface area contributed by atoms with Crippen molar-refractivity contribution in [2.24, 2.45) is 5.73 Å². The maximum atomic E-state index is 11.3. The summed E-state index contributed by atoms with van der Waals surface area (Å²) in [6.45, 7) is 0. The third-order valence-electron chi connectivity index (χ3n) is 2.43. The number of anilines is 2. The summed E-state index contributed by atoms with van der Waals surface area (Å²) in [4.78, 5) is 15.4. The molecule has 0 radical (unpaired) electrons. The number of aromatic nitrogens is 1. The molecule has 1 heterocycles. The van der Waals surface area contributed by atoms with Gasteiger partial charge in [0.1, 0.15) is 11.6 Å². The fraction of sp³-hybridized carbons (Fsp3) is 0.0769. The molecule has 1 aromatic carbocycles. The molecule has 0 bridgehead atoms. The largest absolute Gasteiger partial charge is 0.495 e. The van der Waals surface area contributed by atoms with Crippen LogP contribution in [0.2, 0.25) is 0 Å². The van der Waals surface area contributed by atoms with Crippen LogP contribution in [0.4, 0.5) is 11.5 Å². The quantitative estimate of drug-likeness (QED) is 0.860. The molecule has 0 saturated heterocycles. The van der Waals surface area contributed by atoms with Crippen LogP contribution in [0.25, 0.3) is 0 Å². The smallest absolute Gasteiger partial charge is 0.252 e. The van der Waals surface area contributed by atoms with Crippen LogP contribution in [0.15, 0.2) is 42.6 Å². The summed E-state index contributed by atoms with van der Waals surface area (Å²) in [6.07, 6.45) is 1.59. The van der Waals surface area contributed by atoms with Crippen LogP contribution in [0.5, 0.6) is 5.75 Å². The standard InChI is InChI=1S/C13H13N3O2/c1-18-11-7-3-2-6-10(11)16-13-9(12(14)17)5-4-8-15-13/h2-8H,1H3,(H2,14,17)(H,15,16). The van der Waals surface area contributed by atoms with Crippen LogP contribution in [-0.2, 0) is 0 Å².